The fourth-order valence-corrected chi connectivity index (χ4v) is 4.84. The van der Waals surface area contributed by atoms with Crippen molar-refractivity contribution < 1.29 is 27.5 Å². The standard InChI is InChI=1S/C23H34N2O6S/c1-17(2)15-20(25-32(29,30)19-9-5-3-6-10-19)21(26)16-18-11-14-31-13-8-4-7-12-24-23(28)22(18)27/h3,5-6,9-10,17-18,20,25H,4,7-8,11-16H2,1-2H3,(H,24,28). The van der Waals surface area contributed by atoms with Crippen molar-refractivity contribution in [1.29, 1.82) is 0 Å². The summed E-state index contributed by atoms with van der Waals surface area (Å²) in [6.45, 7) is 5.01. The Morgan fingerprint density at radius 1 is 1.12 bits per heavy atom. The second kappa shape index (κ2) is 12.8. The van der Waals surface area contributed by atoms with Gasteiger partial charge in [-0.25, -0.2) is 13.1 Å². The molecule has 178 valence electrons. The Hall–Kier alpha value is -2.10. The second-order valence-corrected chi connectivity index (χ2v) is 10.3. The molecule has 0 spiro atoms. The van der Waals surface area contributed by atoms with Crippen molar-refractivity contribution in [1.82, 2.24) is 10.0 Å². The molecule has 0 aliphatic carbocycles. The molecule has 1 amide bonds. The molecule has 32 heavy (non-hydrogen) atoms. The van der Waals surface area contributed by atoms with Gasteiger partial charge in [0.1, 0.15) is 0 Å². The summed E-state index contributed by atoms with van der Waals surface area (Å²) in [4.78, 5) is 38.1. The van der Waals surface area contributed by atoms with Crippen molar-refractivity contribution in [3.8, 4) is 0 Å². The summed E-state index contributed by atoms with van der Waals surface area (Å²) >= 11 is 0. The lowest BCUT2D eigenvalue weighted by molar-refractivity contribution is -0.141. The van der Waals surface area contributed by atoms with E-state index in [1.807, 2.05) is 13.8 Å². The zero-order chi connectivity index (χ0) is 23.6. The summed E-state index contributed by atoms with van der Waals surface area (Å²) in [6.07, 6.45) is 2.82. The number of ketones is 2. The van der Waals surface area contributed by atoms with Gasteiger partial charge in [0.2, 0.25) is 15.8 Å². The summed E-state index contributed by atoms with van der Waals surface area (Å²) in [6, 6.07) is 6.84. The topological polar surface area (TPSA) is 119 Å². The van der Waals surface area contributed by atoms with E-state index in [0.29, 0.717) is 13.2 Å². The highest BCUT2D eigenvalue weighted by molar-refractivity contribution is 7.89. The van der Waals surface area contributed by atoms with E-state index in [4.69, 9.17) is 4.74 Å². The normalized spacial score (nSPS) is 20.2. The molecule has 0 aromatic heterocycles. The Balaban J connectivity index is 2.16. The van der Waals surface area contributed by atoms with Gasteiger partial charge in [-0.05, 0) is 50.2 Å². The molecule has 1 heterocycles. The first-order valence-electron chi connectivity index (χ1n) is 11.2. The molecule has 2 N–H and O–H groups in total. The first-order valence-corrected chi connectivity index (χ1v) is 12.7. The van der Waals surface area contributed by atoms with Gasteiger partial charge in [0.25, 0.3) is 5.91 Å². The van der Waals surface area contributed by atoms with Crippen LogP contribution in [0.25, 0.3) is 0 Å². The van der Waals surface area contributed by atoms with Gasteiger partial charge in [-0.2, -0.15) is 0 Å². The Morgan fingerprint density at radius 2 is 1.84 bits per heavy atom. The average molecular weight is 467 g/mol. The third kappa shape index (κ3) is 8.44. The quantitative estimate of drug-likeness (QED) is 0.567. The van der Waals surface area contributed by atoms with Crippen LogP contribution in [0.3, 0.4) is 0 Å². The van der Waals surface area contributed by atoms with Gasteiger partial charge in [-0.1, -0.05) is 32.0 Å². The molecule has 1 aliphatic rings. The van der Waals surface area contributed by atoms with Gasteiger partial charge in [0, 0.05) is 32.1 Å². The van der Waals surface area contributed by atoms with E-state index in [1.165, 1.54) is 12.1 Å². The molecule has 8 nitrogen and oxygen atoms in total. The smallest absolute Gasteiger partial charge is 0.287 e. The molecular weight excluding hydrogens is 432 g/mol. The highest BCUT2D eigenvalue weighted by Gasteiger charge is 2.32. The fraction of sp³-hybridized carbons (Fsp3) is 0.609. The van der Waals surface area contributed by atoms with E-state index >= 15 is 0 Å². The molecule has 0 radical (unpaired) electrons. The zero-order valence-corrected chi connectivity index (χ0v) is 19.7. The molecule has 1 aliphatic heterocycles. The minimum atomic E-state index is -3.91. The van der Waals surface area contributed by atoms with E-state index in [0.717, 1.165) is 19.3 Å². The van der Waals surface area contributed by atoms with E-state index in [-0.39, 0.29) is 36.7 Å². The van der Waals surface area contributed by atoms with E-state index in [2.05, 4.69) is 10.0 Å². The number of sulfonamides is 1. The number of amides is 1. The number of benzene rings is 1. The van der Waals surface area contributed by atoms with Crippen molar-refractivity contribution in [2.75, 3.05) is 19.8 Å². The first kappa shape index (κ1) is 26.2. The van der Waals surface area contributed by atoms with Crippen LogP contribution in [0, 0.1) is 11.8 Å². The average Bonchev–Trinajstić information content (AvgIpc) is 2.75. The predicted molar refractivity (Wildman–Crippen MR) is 120 cm³/mol. The summed E-state index contributed by atoms with van der Waals surface area (Å²) in [5.41, 5.74) is 0. The van der Waals surface area contributed by atoms with Gasteiger partial charge < -0.3 is 10.1 Å². The van der Waals surface area contributed by atoms with Gasteiger partial charge in [-0.15, -0.1) is 0 Å². The maximum absolute atomic E-state index is 13.1. The number of hydrogen-bond donors (Lipinski definition) is 2. The summed E-state index contributed by atoms with van der Waals surface area (Å²) in [5, 5.41) is 2.62. The molecule has 1 fully saturated rings. The SMILES string of the molecule is CC(C)CC(NS(=O)(=O)c1ccccc1)C(=O)CC1CCOCCCCCNC(=O)C1=O. The van der Waals surface area contributed by atoms with Crippen LogP contribution in [0.5, 0.6) is 0 Å². The van der Waals surface area contributed by atoms with Crippen LogP contribution in [0.1, 0.15) is 52.4 Å². The van der Waals surface area contributed by atoms with E-state index in [1.54, 1.807) is 18.2 Å². The number of Topliss-reactive ketones (excluding diaryl/α,β-unsaturated/α-hetero) is 2. The molecule has 1 aromatic rings. The Bertz CT molecular complexity index is 870. The molecule has 1 saturated heterocycles. The van der Waals surface area contributed by atoms with E-state index < -0.39 is 39.5 Å². The number of carbonyl (C=O) groups is 3. The van der Waals surface area contributed by atoms with Gasteiger partial charge >= 0.3 is 0 Å². The molecule has 0 bridgehead atoms. The molecule has 9 heteroatoms. The van der Waals surface area contributed by atoms with E-state index in [9.17, 15) is 22.8 Å². The van der Waals surface area contributed by atoms with Crippen molar-refractivity contribution in [3.05, 3.63) is 30.3 Å². The zero-order valence-electron chi connectivity index (χ0n) is 18.8. The van der Waals surface area contributed by atoms with Crippen LogP contribution in [0.2, 0.25) is 0 Å². The van der Waals surface area contributed by atoms with Gasteiger partial charge in [-0.3, -0.25) is 14.4 Å². The Morgan fingerprint density at radius 3 is 2.53 bits per heavy atom. The van der Waals surface area contributed by atoms with Crippen LogP contribution < -0.4 is 10.0 Å². The summed E-state index contributed by atoms with van der Waals surface area (Å²) in [7, 11) is -3.91. The lowest BCUT2D eigenvalue weighted by Gasteiger charge is -2.22. The van der Waals surface area contributed by atoms with Crippen LogP contribution in [0.15, 0.2) is 35.2 Å². The summed E-state index contributed by atoms with van der Waals surface area (Å²) in [5.74, 6) is -2.57. The monoisotopic (exact) mass is 466 g/mol. The Labute approximate surface area is 190 Å². The van der Waals surface area contributed by atoms with Gasteiger partial charge in [0.15, 0.2) is 5.78 Å². The summed E-state index contributed by atoms with van der Waals surface area (Å²) < 4.78 is 33.6. The molecule has 2 rings (SSSR count). The van der Waals surface area contributed by atoms with Crippen molar-refractivity contribution in [2.24, 2.45) is 11.8 Å². The molecule has 0 saturated carbocycles. The lowest BCUT2D eigenvalue weighted by atomic mass is 9.89. The third-order valence-corrected chi connectivity index (χ3v) is 6.84. The van der Waals surface area contributed by atoms with Crippen molar-refractivity contribution in [2.45, 2.75) is 63.3 Å². The number of carbonyl (C=O) groups excluding carboxylic acids is 3. The number of nitrogens with one attached hydrogen (secondary N) is 2. The van der Waals surface area contributed by atoms with Crippen molar-refractivity contribution in [3.63, 3.8) is 0 Å². The maximum atomic E-state index is 13.1. The predicted octanol–water partition coefficient (Wildman–Crippen LogP) is 2.23. The van der Waals surface area contributed by atoms with Crippen LogP contribution in [0.4, 0.5) is 0 Å². The van der Waals surface area contributed by atoms with Crippen molar-refractivity contribution >= 4 is 27.5 Å². The highest BCUT2D eigenvalue weighted by atomic mass is 32.2. The largest absolute Gasteiger partial charge is 0.381 e. The number of hydrogen-bond acceptors (Lipinski definition) is 6. The minimum absolute atomic E-state index is 0.0427. The molecular formula is C23H34N2O6S. The first-order chi connectivity index (χ1) is 15.2. The van der Waals surface area contributed by atoms with Crippen LogP contribution in [-0.4, -0.2) is 51.7 Å². The molecule has 2 atom stereocenters. The van der Waals surface area contributed by atoms with Gasteiger partial charge in [0.05, 0.1) is 10.9 Å². The second-order valence-electron chi connectivity index (χ2n) is 8.57. The maximum Gasteiger partial charge on any atom is 0.287 e. The van der Waals surface area contributed by atoms with Crippen LogP contribution in [-0.2, 0) is 29.1 Å². The number of ether oxygens (including phenoxy) is 1. The third-order valence-electron chi connectivity index (χ3n) is 5.35. The lowest BCUT2D eigenvalue weighted by Crippen LogP contribution is -2.44. The molecule has 2 unspecified atom stereocenters. The molecule has 1 aromatic carbocycles. The highest BCUT2D eigenvalue weighted by Crippen LogP contribution is 2.18. The minimum Gasteiger partial charge on any atom is -0.381 e. The fourth-order valence-electron chi connectivity index (χ4n) is 3.59. The van der Waals surface area contributed by atoms with Crippen LogP contribution >= 0.6 is 0 Å². The Kier molecular flexibility index (Phi) is 10.5. The number of rotatable bonds is 8.